The molecule has 6 heteroatoms. The number of hydrogen-bond acceptors (Lipinski definition) is 4. The highest BCUT2D eigenvalue weighted by Crippen LogP contribution is 2.41. The molecule has 1 fully saturated rings. The Kier molecular flexibility index (Phi) is 8.89. The second-order valence-corrected chi connectivity index (χ2v) is 11.3. The first-order valence-corrected chi connectivity index (χ1v) is 13.6. The SMILES string of the molecule is CC(NC(=O)c1cc(COCC(C)(N)Cc2ccccc2)cc(C2(C#N)CCCC2)c1)c1ccccc1Cl. The molecule has 0 aromatic heterocycles. The summed E-state index contributed by atoms with van der Waals surface area (Å²) in [5.74, 6) is -0.209. The Morgan fingerprint density at radius 2 is 1.79 bits per heavy atom. The highest BCUT2D eigenvalue weighted by molar-refractivity contribution is 6.31. The van der Waals surface area contributed by atoms with Gasteiger partial charge in [-0.05, 0) is 73.6 Å². The summed E-state index contributed by atoms with van der Waals surface area (Å²) in [5.41, 5.74) is 9.70. The van der Waals surface area contributed by atoms with Gasteiger partial charge in [-0.25, -0.2) is 0 Å². The predicted octanol–water partition coefficient (Wildman–Crippen LogP) is 6.64. The Morgan fingerprint density at radius 3 is 2.47 bits per heavy atom. The standard InChI is InChI=1S/C32H36ClN3O2/c1-23(28-12-6-7-13-29(28)33)36-30(37)26-16-25(17-27(18-26)32(21-34)14-8-9-15-32)20-38-22-31(2,35)19-24-10-4-3-5-11-24/h3-7,10-13,16-18,23H,8-9,14-15,19-20,22,35H2,1-2H3,(H,36,37). The largest absolute Gasteiger partial charge is 0.375 e. The van der Waals surface area contributed by atoms with Gasteiger partial charge in [-0.3, -0.25) is 4.79 Å². The zero-order valence-electron chi connectivity index (χ0n) is 22.2. The molecule has 3 aromatic carbocycles. The number of nitrogens with two attached hydrogens (primary N) is 1. The maximum absolute atomic E-state index is 13.4. The molecule has 0 aliphatic heterocycles. The highest BCUT2D eigenvalue weighted by atomic mass is 35.5. The Bertz CT molecular complexity index is 1290. The monoisotopic (exact) mass is 529 g/mol. The van der Waals surface area contributed by atoms with Crippen molar-refractivity contribution in [1.82, 2.24) is 5.32 Å². The van der Waals surface area contributed by atoms with E-state index in [9.17, 15) is 10.1 Å². The van der Waals surface area contributed by atoms with Gasteiger partial charge >= 0.3 is 0 Å². The molecule has 2 unspecified atom stereocenters. The Hall–Kier alpha value is -3.17. The van der Waals surface area contributed by atoms with Gasteiger partial charge in [0.25, 0.3) is 5.91 Å². The molecule has 1 amide bonds. The molecule has 0 heterocycles. The van der Waals surface area contributed by atoms with Crippen molar-refractivity contribution >= 4 is 17.5 Å². The molecule has 1 aliphatic carbocycles. The smallest absolute Gasteiger partial charge is 0.251 e. The topological polar surface area (TPSA) is 88.1 Å². The lowest BCUT2D eigenvalue weighted by Gasteiger charge is -2.26. The number of nitriles is 1. The number of hydrogen-bond donors (Lipinski definition) is 2. The van der Waals surface area contributed by atoms with Crippen molar-refractivity contribution < 1.29 is 9.53 Å². The van der Waals surface area contributed by atoms with E-state index in [0.717, 1.165) is 47.9 Å². The molecule has 38 heavy (non-hydrogen) atoms. The minimum absolute atomic E-state index is 0.209. The van der Waals surface area contributed by atoms with Crippen molar-refractivity contribution in [3.63, 3.8) is 0 Å². The molecule has 0 bridgehead atoms. The van der Waals surface area contributed by atoms with E-state index in [0.29, 0.717) is 30.2 Å². The van der Waals surface area contributed by atoms with Crippen LogP contribution in [0.1, 0.15) is 78.2 Å². The van der Waals surface area contributed by atoms with Crippen LogP contribution < -0.4 is 11.1 Å². The van der Waals surface area contributed by atoms with E-state index in [-0.39, 0.29) is 11.9 Å². The van der Waals surface area contributed by atoms with Crippen LogP contribution in [0.2, 0.25) is 5.02 Å². The Labute approximate surface area is 231 Å². The summed E-state index contributed by atoms with van der Waals surface area (Å²) in [4.78, 5) is 13.4. The van der Waals surface area contributed by atoms with Gasteiger partial charge < -0.3 is 15.8 Å². The Morgan fingerprint density at radius 1 is 1.11 bits per heavy atom. The predicted molar refractivity (Wildman–Crippen MR) is 152 cm³/mol. The summed E-state index contributed by atoms with van der Waals surface area (Å²) in [7, 11) is 0. The van der Waals surface area contributed by atoms with Crippen LogP contribution in [0.4, 0.5) is 0 Å². The van der Waals surface area contributed by atoms with Crippen molar-refractivity contribution in [3.05, 3.63) is 106 Å². The first kappa shape index (κ1) is 27.9. The zero-order chi connectivity index (χ0) is 27.2. The molecule has 2 atom stereocenters. The lowest BCUT2D eigenvalue weighted by molar-refractivity contribution is 0.0789. The lowest BCUT2D eigenvalue weighted by atomic mass is 9.79. The second kappa shape index (κ2) is 12.1. The molecular weight excluding hydrogens is 494 g/mol. The van der Waals surface area contributed by atoms with Gasteiger partial charge in [-0.15, -0.1) is 0 Å². The molecule has 4 rings (SSSR count). The van der Waals surface area contributed by atoms with Crippen molar-refractivity contribution in [1.29, 1.82) is 5.26 Å². The van der Waals surface area contributed by atoms with Crippen molar-refractivity contribution in [2.45, 2.75) is 69.6 Å². The lowest BCUT2D eigenvalue weighted by Crippen LogP contribution is -2.43. The molecule has 1 aliphatic rings. The van der Waals surface area contributed by atoms with E-state index < -0.39 is 11.0 Å². The fourth-order valence-electron chi connectivity index (χ4n) is 5.33. The third-order valence-electron chi connectivity index (χ3n) is 7.35. The summed E-state index contributed by atoms with van der Waals surface area (Å²) in [6, 6.07) is 25.6. The summed E-state index contributed by atoms with van der Waals surface area (Å²) >= 11 is 6.35. The number of ether oxygens (including phenoxy) is 1. The van der Waals surface area contributed by atoms with Gasteiger partial charge in [0.15, 0.2) is 0 Å². The van der Waals surface area contributed by atoms with E-state index in [1.807, 2.05) is 74.5 Å². The molecule has 3 aromatic rings. The number of amides is 1. The minimum Gasteiger partial charge on any atom is -0.375 e. The third kappa shape index (κ3) is 6.82. The van der Waals surface area contributed by atoms with Crippen LogP contribution in [0.25, 0.3) is 0 Å². The quantitative estimate of drug-likeness (QED) is 0.308. The van der Waals surface area contributed by atoms with Gasteiger partial charge in [-0.1, -0.05) is 79.0 Å². The molecule has 3 N–H and O–H groups in total. The molecular formula is C32H36ClN3O2. The van der Waals surface area contributed by atoms with E-state index in [2.05, 4.69) is 23.5 Å². The summed E-state index contributed by atoms with van der Waals surface area (Å²) < 4.78 is 6.08. The van der Waals surface area contributed by atoms with Crippen molar-refractivity contribution in [3.8, 4) is 6.07 Å². The average Bonchev–Trinajstić information content (AvgIpc) is 3.39. The molecule has 198 valence electrons. The molecule has 0 saturated heterocycles. The summed E-state index contributed by atoms with van der Waals surface area (Å²) in [6.45, 7) is 4.56. The maximum atomic E-state index is 13.4. The number of benzene rings is 3. The van der Waals surface area contributed by atoms with Crippen LogP contribution >= 0.6 is 11.6 Å². The van der Waals surface area contributed by atoms with Crippen LogP contribution in [0, 0.1) is 11.3 Å². The van der Waals surface area contributed by atoms with Crippen molar-refractivity contribution in [2.24, 2.45) is 5.73 Å². The van der Waals surface area contributed by atoms with Crippen LogP contribution in [0.5, 0.6) is 0 Å². The normalized spacial score (nSPS) is 16.8. The van der Waals surface area contributed by atoms with E-state index in [4.69, 9.17) is 22.1 Å². The Balaban J connectivity index is 1.53. The fraction of sp³-hybridized carbons (Fsp3) is 0.375. The van der Waals surface area contributed by atoms with Crippen LogP contribution in [0.15, 0.2) is 72.8 Å². The van der Waals surface area contributed by atoms with Crippen molar-refractivity contribution in [2.75, 3.05) is 6.61 Å². The fourth-order valence-corrected chi connectivity index (χ4v) is 5.62. The van der Waals surface area contributed by atoms with E-state index >= 15 is 0 Å². The first-order chi connectivity index (χ1) is 18.2. The van der Waals surface area contributed by atoms with E-state index in [1.54, 1.807) is 0 Å². The number of carbonyl (C=O) groups excluding carboxylic acids is 1. The number of nitrogens with one attached hydrogen (secondary N) is 1. The number of carbonyl (C=O) groups is 1. The second-order valence-electron chi connectivity index (χ2n) is 10.8. The zero-order valence-corrected chi connectivity index (χ0v) is 22.9. The highest BCUT2D eigenvalue weighted by Gasteiger charge is 2.36. The van der Waals surface area contributed by atoms with E-state index in [1.165, 1.54) is 0 Å². The molecule has 1 saturated carbocycles. The number of rotatable bonds is 10. The molecule has 0 radical (unpaired) electrons. The van der Waals surface area contributed by atoms with Gasteiger partial charge in [0, 0.05) is 16.1 Å². The molecule has 5 nitrogen and oxygen atoms in total. The summed E-state index contributed by atoms with van der Waals surface area (Å²) in [5, 5.41) is 13.8. The van der Waals surface area contributed by atoms with Gasteiger partial charge in [0.2, 0.25) is 0 Å². The van der Waals surface area contributed by atoms with Crippen LogP contribution in [-0.4, -0.2) is 18.1 Å². The number of nitrogens with zero attached hydrogens (tertiary/aromatic N) is 1. The number of halogens is 1. The van der Waals surface area contributed by atoms with Gasteiger partial charge in [0.05, 0.1) is 30.7 Å². The average molecular weight is 530 g/mol. The van der Waals surface area contributed by atoms with Gasteiger partial charge in [0.1, 0.15) is 0 Å². The first-order valence-electron chi connectivity index (χ1n) is 13.2. The van der Waals surface area contributed by atoms with Crippen LogP contribution in [-0.2, 0) is 23.2 Å². The third-order valence-corrected chi connectivity index (χ3v) is 7.69. The van der Waals surface area contributed by atoms with Crippen LogP contribution in [0.3, 0.4) is 0 Å². The minimum atomic E-state index is -0.574. The summed E-state index contributed by atoms with van der Waals surface area (Å²) in [6.07, 6.45) is 4.29. The maximum Gasteiger partial charge on any atom is 0.251 e. The van der Waals surface area contributed by atoms with Gasteiger partial charge in [-0.2, -0.15) is 5.26 Å². The molecule has 0 spiro atoms.